The Bertz CT molecular complexity index is 631. The molecule has 0 radical (unpaired) electrons. The van der Waals surface area contributed by atoms with Gasteiger partial charge in [-0.3, -0.25) is 9.59 Å². The number of amides is 1. The van der Waals surface area contributed by atoms with E-state index in [4.69, 9.17) is 4.74 Å². The first-order chi connectivity index (χ1) is 11.3. The summed E-state index contributed by atoms with van der Waals surface area (Å²) in [5.74, 6) is -1.07. The molecule has 1 aliphatic carbocycles. The van der Waals surface area contributed by atoms with E-state index in [0.29, 0.717) is 19.3 Å². The van der Waals surface area contributed by atoms with Crippen molar-refractivity contribution in [1.29, 1.82) is 5.26 Å². The van der Waals surface area contributed by atoms with E-state index in [-0.39, 0.29) is 23.8 Å². The van der Waals surface area contributed by atoms with Crippen LogP contribution >= 0.6 is 0 Å². The molecule has 8 heteroatoms. The van der Waals surface area contributed by atoms with Gasteiger partial charge in [0.15, 0.2) is 16.4 Å². The number of hydrogen-bond donors (Lipinski definition) is 0. The third-order valence-electron chi connectivity index (χ3n) is 5.04. The lowest BCUT2D eigenvalue weighted by molar-refractivity contribution is -0.154. The number of sulfone groups is 1. The average molecular weight is 356 g/mol. The van der Waals surface area contributed by atoms with Crippen molar-refractivity contribution < 1.29 is 22.7 Å². The Morgan fingerprint density at radius 1 is 1.29 bits per heavy atom. The molecule has 24 heavy (non-hydrogen) atoms. The molecule has 1 saturated heterocycles. The van der Waals surface area contributed by atoms with Crippen molar-refractivity contribution in [3.8, 4) is 6.07 Å². The average Bonchev–Trinajstić information content (AvgIpc) is 2.91. The maximum Gasteiger partial charge on any atom is 0.306 e. The molecule has 2 rings (SSSR count). The molecule has 0 spiro atoms. The summed E-state index contributed by atoms with van der Waals surface area (Å²) in [6.45, 7) is -0.405. The van der Waals surface area contributed by atoms with Crippen molar-refractivity contribution in [3.05, 3.63) is 0 Å². The van der Waals surface area contributed by atoms with E-state index < -0.39 is 33.9 Å². The molecule has 0 bridgehead atoms. The molecule has 2 aliphatic rings. The Labute approximate surface area is 142 Å². The summed E-state index contributed by atoms with van der Waals surface area (Å²) in [5, 5.41) is 9.47. The highest BCUT2D eigenvalue weighted by Crippen LogP contribution is 2.32. The monoisotopic (exact) mass is 356 g/mol. The Morgan fingerprint density at radius 2 is 1.96 bits per heavy atom. The predicted molar refractivity (Wildman–Crippen MR) is 86.5 cm³/mol. The van der Waals surface area contributed by atoms with Crippen LogP contribution < -0.4 is 0 Å². The van der Waals surface area contributed by atoms with Crippen LogP contribution in [0.3, 0.4) is 0 Å². The highest BCUT2D eigenvalue weighted by atomic mass is 32.2. The van der Waals surface area contributed by atoms with Crippen LogP contribution in [0.4, 0.5) is 0 Å². The number of nitriles is 1. The molecule has 7 nitrogen and oxygen atoms in total. The van der Waals surface area contributed by atoms with Gasteiger partial charge >= 0.3 is 5.97 Å². The van der Waals surface area contributed by atoms with Gasteiger partial charge in [0.2, 0.25) is 0 Å². The number of nitrogens with zero attached hydrogens (tertiary/aromatic N) is 2. The predicted octanol–water partition coefficient (Wildman–Crippen LogP) is 1.04. The molecule has 0 aromatic rings. The van der Waals surface area contributed by atoms with Crippen LogP contribution in [0, 0.1) is 17.2 Å². The zero-order valence-electron chi connectivity index (χ0n) is 14.0. The molecule has 0 aromatic carbocycles. The SMILES string of the molecule is CN(C(=O)COC(=O)CC1CCS(=O)(=O)C1)C1(C#N)CCCCC1. The normalized spacial score (nSPS) is 24.8. The van der Waals surface area contributed by atoms with E-state index in [0.717, 1.165) is 19.3 Å². The second-order valence-electron chi connectivity index (χ2n) is 6.79. The molecule has 1 atom stereocenters. The molecule has 1 heterocycles. The molecular formula is C16H24N2O5S. The fraction of sp³-hybridized carbons (Fsp3) is 0.812. The van der Waals surface area contributed by atoms with Crippen LogP contribution in [-0.4, -0.2) is 55.9 Å². The van der Waals surface area contributed by atoms with E-state index in [1.54, 1.807) is 7.05 Å². The van der Waals surface area contributed by atoms with E-state index in [9.17, 15) is 23.3 Å². The number of likely N-dealkylation sites (N-methyl/N-ethyl adjacent to an activating group) is 1. The van der Waals surface area contributed by atoms with Crippen molar-refractivity contribution in [2.45, 2.75) is 50.5 Å². The van der Waals surface area contributed by atoms with Crippen molar-refractivity contribution in [3.63, 3.8) is 0 Å². The van der Waals surface area contributed by atoms with Gasteiger partial charge < -0.3 is 9.64 Å². The maximum atomic E-state index is 12.3. The van der Waals surface area contributed by atoms with Crippen molar-refractivity contribution in [2.24, 2.45) is 5.92 Å². The molecule has 0 aromatic heterocycles. The Kier molecular flexibility index (Phi) is 5.86. The van der Waals surface area contributed by atoms with Gasteiger partial charge in [-0.15, -0.1) is 0 Å². The lowest BCUT2D eigenvalue weighted by Gasteiger charge is -2.38. The first kappa shape index (κ1) is 18.7. The fourth-order valence-electron chi connectivity index (χ4n) is 3.46. The van der Waals surface area contributed by atoms with Gasteiger partial charge in [-0.05, 0) is 25.2 Å². The zero-order valence-corrected chi connectivity index (χ0v) is 14.8. The molecule has 0 N–H and O–H groups in total. The van der Waals surface area contributed by atoms with Crippen LogP contribution in [0.1, 0.15) is 44.9 Å². The Balaban J connectivity index is 1.81. The highest BCUT2D eigenvalue weighted by Gasteiger charge is 2.39. The standard InChI is InChI=1S/C16H24N2O5S/c1-18(16(12-17)6-3-2-4-7-16)14(19)10-23-15(20)9-13-5-8-24(21,22)11-13/h13H,2-11H2,1H3. The van der Waals surface area contributed by atoms with Gasteiger partial charge in [0.25, 0.3) is 5.91 Å². The minimum Gasteiger partial charge on any atom is -0.456 e. The van der Waals surface area contributed by atoms with Crippen LogP contribution in [0.25, 0.3) is 0 Å². The minimum absolute atomic E-state index is 0.00743. The number of rotatable bonds is 5. The van der Waals surface area contributed by atoms with Gasteiger partial charge in [-0.25, -0.2) is 8.42 Å². The molecular weight excluding hydrogens is 332 g/mol. The summed E-state index contributed by atoms with van der Waals surface area (Å²) in [4.78, 5) is 25.5. The summed E-state index contributed by atoms with van der Waals surface area (Å²) in [5.41, 5.74) is -0.804. The molecule has 1 aliphatic heterocycles. The molecule has 1 unspecified atom stereocenters. The van der Waals surface area contributed by atoms with Gasteiger partial charge in [0.05, 0.1) is 17.6 Å². The first-order valence-electron chi connectivity index (χ1n) is 8.32. The fourth-order valence-corrected chi connectivity index (χ4v) is 5.33. The summed E-state index contributed by atoms with van der Waals surface area (Å²) >= 11 is 0. The van der Waals surface area contributed by atoms with Crippen LogP contribution in [0.5, 0.6) is 0 Å². The summed E-state index contributed by atoms with van der Waals surface area (Å²) in [6.07, 6.45) is 4.62. The number of hydrogen-bond acceptors (Lipinski definition) is 6. The second-order valence-corrected chi connectivity index (χ2v) is 9.02. The van der Waals surface area contributed by atoms with Gasteiger partial charge in [-0.1, -0.05) is 19.3 Å². The third-order valence-corrected chi connectivity index (χ3v) is 6.88. The largest absolute Gasteiger partial charge is 0.456 e. The van der Waals surface area contributed by atoms with Gasteiger partial charge in [0, 0.05) is 13.5 Å². The van der Waals surface area contributed by atoms with E-state index in [1.165, 1.54) is 4.90 Å². The zero-order chi connectivity index (χ0) is 17.8. The van der Waals surface area contributed by atoms with Crippen LogP contribution in [0.2, 0.25) is 0 Å². The van der Waals surface area contributed by atoms with Crippen molar-refractivity contribution >= 4 is 21.7 Å². The third kappa shape index (κ3) is 4.47. The first-order valence-corrected chi connectivity index (χ1v) is 10.1. The number of esters is 1. The minimum atomic E-state index is -3.03. The second kappa shape index (κ2) is 7.51. The lowest BCUT2D eigenvalue weighted by Crippen LogP contribution is -2.51. The Hall–Kier alpha value is -1.62. The van der Waals surface area contributed by atoms with Gasteiger partial charge in [0.1, 0.15) is 5.54 Å². The summed E-state index contributed by atoms with van der Waals surface area (Å²) < 4.78 is 27.8. The molecule has 1 amide bonds. The number of carbonyl (C=O) groups excluding carboxylic acids is 2. The molecule has 1 saturated carbocycles. The molecule has 134 valence electrons. The Morgan fingerprint density at radius 3 is 2.50 bits per heavy atom. The number of carbonyl (C=O) groups is 2. The lowest BCUT2D eigenvalue weighted by atomic mass is 9.81. The van der Waals surface area contributed by atoms with Gasteiger partial charge in [-0.2, -0.15) is 5.26 Å². The topological polar surface area (TPSA) is 105 Å². The van der Waals surface area contributed by atoms with Crippen LogP contribution in [0.15, 0.2) is 0 Å². The highest BCUT2D eigenvalue weighted by molar-refractivity contribution is 7.91. The smallest absolute Gasteiger partial charge is 0.306 e. The van der Waals surface area contributed by atoms with E-state index in [1.807, 2.05) is 0 Å². The van der Waals surface area contributed by atoms with E-state index >= 15 is 0 Å². The summed E-state index contributed by atoms with van der Waals surface area (Å²) in [7, 11) is -1.45. The summed E-state index contributed by atoms with van der Waals surface area (Å²) in [6, 6.07) is 2.25. The van der Waals surface area contributed by atoms with Crippen molar-refractivity contribution in [2.75, 3.05) is 25.2 Å². The molecule has 2 fully saturated rings. The van der Waals surface area contributed by atoms with Crippen molar-refractivity contribution in [1.82, 2.24) is 4.90 Å². The quantitative estimate of drug-likeness (QED) is 0.682. The van der Waals surface area contributed by atoms with E-state index in [2.05, 4.69) is 6.07 Å². The number of ether oxygens (including phenoxy) is 1. The maximum absolute atomic E-state index is 12.3. The van der Waals surface area contributed by atoms with Crippen LogP contribution in [-0.2, 0) is 24.2 Å².